The van der Waals surface area contributed by atoms with Crippen LogP contribution in [0.25, 0.3) is 11.1 Å². The number of hydrogen-bond acceptors (Lipinski definition) is 8. The van der Waals surface area contributed by atoms with E-state index < -0.39 is 30.8 Å². The van der Waals surface area contributed by atoms with E-state index in [4.69, 9.17) is 18.9 Å². The summed E-state index contributed by atoms with van der Waals surface area (Å²) in [4.78, 5) is 49.8. The van der Waals surface area contributed by atoms with Crippen molar-refractivity contribution in [1.82, 2.24) is 5.32 Å². The van der Waals surface area contributed by atoms with Crippen LogP contribution in [0.2, 0.25) is 0 Å². The molecule has 1 aliphatic rings. The molecule has 4 rings (SSSR count). The van der Waals surface area contributed by atoms with Crippen molar-refractivity contribution in [2.24, 2.45) is 0 Å². The van der Waals surface area contributed by atoms with Gasteiger partial charge in [0.05, 0.1) is 18.4 Å². The summed E-state index contributed by atoms with van der Waals surface area (Å²) in [5, 5.41) is 2.96. The van der Waals surface area contributed by atoms with Crippen molar-refractivity contribution in [3.05, 3.63) is 95.6 Å². The topological polar surface area (TPSA) is 117 Å². The summed E-state index contributed by atoms with van der Waals surface area (Å²) in [5.41, 5.74) is 4.51. The van der Waals surface area contributed by atoms with E-state index in [1.807, 2.05) is 78.9 Å². The van der Waals surface area contributed by atoms with Gasteiger partial charge in [-0.05, 0) is 54.5 Å². The molecule has 0 heterocycles. The number of esters is 2. The number of benzene rings is 3. The largest absolute Gasteiger partial charge is 0.511 e. The first-order valence-corrected chi connectivity index (χ1v) is 14.0. The first kappa shape index (κ1) is 30.3. The molecular formula is C33H35NO8. The number of hydrogen-bond donors (Lipinski definition) is 1. The molecule has 1 aliphatic carbocycles. The predicted molar refractivity (Wildman–Crippen MR) is 154 cm³/mol. The summed E-state index contributed by atoms with van der Waals surface area (Å²) in [6.07, 6.45) is -0.603. The molecule has 3 aromatic carbocycles. The Morgan fingerprint density at radius 3 is 2.26 bits per heavy atom. The lowest BCUT2D eigenvalue weighted by molar-refractivity contribution is -0.156. The van der Waals surface area contributed by atoms with Crippen molar-refractivity contribution in [2.45, 2.75) is 64.2 Å². The van der Waals surface area contributed by atoms with Gasteiger partial charge in [0.1, 0.15) is 6.61 Å². The van der Waals surface area contributed by atoms with E-state index in [1.54, 1.807) is 13.8 Å². The first-order valence-electron chi connectivity index (χ1n) is 14.0. The van der Waals surface area contributed by atoms with Gasteiger partial charge < -0.3 is 24.3 Å². The summed E-state index contributed by atoms with van der Waals surface area (Å²) in [6, 6.07) is 24.6. The van der Waals surface area contributed by atoms with Crippen molar-refractivity contribution in [1.29, 1.82) is 0 Å². The van der Waals surface area contributed by atoms with Crippen LogP contribution in [0.15, 0.2) is 78.9 Å². The minimum atomic E-state index is -0.930. The predicted octanol–water partition coefficient (Wildman–Crippen LogP) is 5.45. The first-order chi connectivity index (χ1) is 20.3. The van der Waals surface area contributed by atoms with Crippen molar-refractivity contribution in [3.63, 3.8) is 0 Å². The molecule has 2 atom stereocenters. The Labute approximate surface area is 245 Å². The lowest BCUT2D eigenvalue weighted by atomic mass is 9.79. The van der Waals surface area contributed by atoms with Gasteiger partial charge in [-0.25, -0.2) is 4.79 Å². The molecule has 3 aromatic rings. The second kappa shape index (κ2) is 14.8. The highest BCUT2D eigenvalue weighted by molar-refractivity contribution is 5.83. The molecular weight excluding hydrogens is 538 g/mol. The summed E-state index contributed by atoms with van der Waals surface area (Å²) >= 11 is 0. The molecule has 9 nitrogen and oxygen atoms in total. The van der Waals surface area contributed by atoms with Gasteiger partial charge >= 0.3 is 18.1 Å². The Hall–Kier alpha value is -4.66. The molecule has 0 saturated carbocycles. The Bertz CT molecular complexity index is 1370. The molecule has 0 saturated heterocycles. The Morgan fingerprint density at radius 1 is 0.833 bits per heavy atom. The number of carbonyl (C=O) groups excluding carboxylic acids is 4. The van der Waals surface area contributed by atoms with Gasteiger partial charge in [0.15, 0.2) is 0 Å². The average molecular weight is 574 g/mol. The van der Waals surface area contributed by atoms with E-state index in [2.05, 4.69) is 5.32 Å². The van der Waals surface area contributed by atoms with Crippen LogP contribution >= 0.6 is 0 Å². The number of ether oxygens (including phenoxy) is 4. The van der Waals surface area contributed by atoms with E-state index in [0.717, 1.165) is 27.8 Å². The molecule has 0 unspecified atom stereocenters. The number of rotatable bonds is 11. The molecule has 0 spiro atoms. The van der Waals surface area contributed by atoms with Gasteiger partial charge in [-0.15, -0.1) is 0 Å². The molecule has 0 aliphatic heterocycles. The molecule has 42 heavy (non-hydrogen) atoms. The zero-order chi connectivity index (χ0) is 29.9. The summed E-state index contributed by atoms with van der Waals surface area (Å²) < 4.78 is 20.3. The fourth-order valence-electron chi connectivity index (χ4n) is 4.80. The lowest BCUT2D eigenvalue weighted by Gasteiger charge is -2.31. The average Bonchev–Trinajstić information content (AvgIpc) is 2.99. The molecule has 0 fully saturated rings. The molecule has 0 bridgehead atoms. The maximum atomic E-state index is 13.2. The summed E-state index contributed by atoms with van der Waals surface area (Å²) in [6.45, 7) is 2.92. The normalized spacial score (nSPS) is 15.7. The van der Waals surface area contributed by atoms with Crippen LogP contribution in [0.4, 0.5) is 4.79 Å². The fourth-order valence-corrected chi connectivity index (χ4v) is 4.80. The number of amides is 1. The lowest BCUT2D eigenvalue weighted by Crippen LogP contribution is -2.41. The third-order valence-electron chi connectivity index (χ3n) is 6.77. The van der Waals surface area contributed by atoms with Gasteiger partial charge in [0.2, 0.25) is 12.7 Å². The highest BCUT2D eigenvalue weighted by Gasteiger charge is 2.34. The van der Waals surface area contributed by atoms with Crippen LogP contribution in [0, 0.1) is 0 Å². The smallest absolute Gasteiger partial charge is 0.461 e. The number of carbonyl (C=O) groups is 4. The van der Waals surface area contributed by atoms with Crippen molar-refractivity contribution in [3.8, 4) is 11.1 Å². The van der Waals surface area contributed by atoms with E-state index >= 15 is 0 Å². The quantitative estimate of drug-likeness (QED) is 0.183. The van der Waals surface area contributed by atoms with Gasteiger partial charge in [-0.1, -0.05) is 78.9 Å². The molecule has 0 radical (unpaired) electrons. The minimum absolute atomic E-state index is 0.0369. The van der Waals surface area contributed by atoms with Crippen molar-refractivity contribution < 1.29 is 38.1 Å². The molecule has 1 amide bonds. The van der Waals surface area contributed by atoms with Gasteiger partial charge in [0.25, 0.3) is 0 Å². The van der Waals surface area contributed by atoms with Crippen LogP contribution in [-0.4, -0.2) is 42.9 Å². The number of nitrogens with one attached hydrogen (secondary N) is 1. The molecule has 0 aromatic heterocycles. The molecule has 9 heteroatoms. The highest BCUT2D eigenvalue weighted by atomic mass is 16.8. The van der Waals surface area contributed by atoms with Crippen molar-refractivity contribution in [2.75, 3.05) is 6.79 Å². The zero-order valence-electron chi connectivity index (χ0n) is 23.7. The van der Waals surface area contributed by atoms with Crippen LogP contribution < -0.4 is 5.32 Å². The Morgan fingerprint density at radius 2 is 1.55 bits per heavy atom. The van der Waals surface area contributed by atoms with Crippen LogP contribution in [0.3, 0.4) is 0 Å². The summed E-state index contributed by atoms with van der Waals surface area (Å²) in [5.74, 6) is -2.06. The van der Waals surface area contributed by atoms with Crippen molar-refractivity contribution >= 4 is 24.0 Å². The minimum Gasteiger partial charge on any atom is -0.461 e. The molecule has 1 N–H and O–H groups in total. The maximum Gasteiger partial charge on any atom is 0.511 e. The second-order valence-electron chi connectivity index (χ2n) is 10.3. The van der Waals surface area contributed by atoms with Gasteiger partial charge in [-0.2, -0.15) is 0 Å². The summed E-state index contributed by atoms with van der Waals surface area (Å²) in [7, 11) is 0. The van der Waals surface area contributed by atoms with Crippen LogP contribution in [0.1, 0.15) is 55.7 Å². The SMILES string of the molecule is CC(C)OC(=O)OCOC(=O)[C@H]1C[C@H](NC(=O)CCC(=O)OCc2ccccc2)Cc2ccc(-c3ccccc3)cc21. The van der Waals surface area contributed by atoms with Gasteiger partial charge in [0, 0.05) is 12.5 Å². The Kier molecular flexibility index (Phi) is 10.7. The van der Waals surface area contributed by atoms with E-state index in [1.165, 1.54) is 0 Å². The van der Waals surface area contributed by atoms with Crippen LogP contribution in [-0.2, 0) is 46.4 Å². The standard InChI is InChI=1S/C33H35NO8/c1-22(2)42-33(38)41-21-40-32(37)29-19-27(17-26-14-13-25(18-28(26)29)24-11-7-4-8-12-24)34-30(35)15-16-31(36)39-20-23-9-5-3-6-10-23/h3-14,18,22,27,29H,15-17,19-21H2,1-2H3,(H,34,35)/t27-,29+/m1/s1. The van der Waals surface area contributed by atoms with E-state index in [0.29, 0.717) is 6.42 Å². The van der Waals surface area contributed by atoms with Crippen LogP contribution in [0.5, 0.6) is 0 Å². The third kappa shape index (κ3) is 8.92. The second-order valence-corrected chi connectivity index (χ2v) is 10.3. The highest BCUT2D eigenvalue weighted by Crippen LogP contribution is 2.36. The molecule has 220 valence electrons. The third-order valence-corrected chi connectivity index (χ3v) is 6.77. The van der Waals surface area contributed by atoms with Gasteiger partial charge in [-0.3, -0.25) is 14.4 Å². The Balaban J connectivity index is 1.39. The number of fused-ring (bicyclic) bond motifs is 1. The zero-order valence-corrected chi connectivity index (χ0v) is 23.7. The van der Waals surface area contributed by atoms with E-state index in [9.17, 15) is 19.2 Å². The fraction of sp³-hybridized carbons (Fsp3) is 0.333. The monoisotopic (exact) mass is 573 g/mol. The maximum absolute atomic E-state index is 13.2. The van der Waals surface area contributed by atoms with E-state index in [-0.39, 0.29) is 43.9 Å².